The predicted octanol–water partition coefficient (Wildman–Crippen LogP) is 1.53. The van der Waals surface area contributed by atoms with E-state index >= 15 is 0 Å². The van der Waals surface area contributed by atoms with Gasteiger partial charge in [0.05, 0.1) is 12.5 Å². The van der Waals surface area contributed by atoms with Crippen LogP contribution in [0.15, 0.2) is 24.3 Å². The van der Waals surface area contributed by atoms with Gasteiger partial charge >= 0.3 is 5.97 Å². The fourth-order valence-corrected chi connectivity index (χ4v) is 2.01. The Hall–Kier alpha value is -1.88. The van der Waals surface area contributed by atoms with Gasteiger partial charge in [-0.1, -0.05) is 29.8 Å². The zero-order valence-electron chi connectivity index (χ0n) is 12.2. The third kappa shape index (κ3) is 4.66. The number of carbonyl (C=O) groups is 2. The molecule has 0 saturated carbocycles. The minimum atomic E-state index is -1.06. The number of nitrogens with two attached hydrogens (primary N) is 1. The normalized spacial score (nSPS) is 12.2. The summed E-state index contributed by atoms with van der Waals surface area (Å²) in [6, 6.07) is 6.83. The van der Waals surface area contributed by atoms with Crippen LogP contribution in [-0.2, 0) is 16.1 Å². The predicted molar refractivity (Wildman–Crippen MR) is 77.1 cm³/mol. The highest BCUT2D eigenvalue weighted by atomic mass is 16.4. The van der Waals surface area contributed by atoms with Gasteiger partial charge in [0.2, 0.25) is 5.91 Å². The van der Waals surface area contributed by atoms with Crippen LogP contribution in [0, 0.1) is 6.92 Å². The number of benzene rings is 1. The van der Waals surface area contributed by atoms with Crippen molar-refractivity contribution < 1.29 is 14.7 Å². The summed E-state index contributed by atoms with van der Waals surface area (Å²) in [6.07, 6.45) is -0.351. The first kappa shape index (κ1) is 16.2. The molecule has 0 unspecified atom stereocenters. The monoisotopic (exact) mass is 278 g/mol. The number of carboxylic acid groups (broad SMARTS) is 1. The molecule has 0 aliphatic carbocycles. The van der Waals surface area contributed by atoms with Crippen molar-refractivity contribution in [3.05, 3.63) is 35.4 Å². The molecule has 0 saturated heterocycles. The number of carboxylic acids is 1. The molecule has 0 fully saturated rings. The molecule has 0 aliphatic rings. The quantitative estimate of drug-likeness (QED) is 0.826. The maximum atomic E-state index is 12.2. The lowest BCUT2D eigenvalue weighted by atomic mass is 10.1. The number of hydrogen-bond donors (Lipinski definition) is 2. The number of amides is 1. The second kappa shape index (κ2) is 7.05. The van der Waals surface area contributed by atoms with Gasteiger partial charge in [-0.15, -0.1) is 0 Å². The zero-order chi connectivity index (χ0) is 15.3. The molecule has 1 aromatic carbocycles. The van der Waals surface area contributed by atoms with Crippen LogP contribution in [0.5, 0.6) is 0 Å². The Morgan fingerprint density at radius 1 is 1.35 bits per heavy atom. The maximum absolute atomic E-state index is 12.2. The second-order valence-electron chi connectivity index (χ2n) is 5.25. The Labute approximate surface area is 119 Å². The van der Waals surface area contributed by atoms with Gasteiger partial charge in [-0.25, -0.2) is 0 Å². The number of aliphatic carboxylic acids is 1. The summed E-state index contributed by atoms with van der Waals surface area (Å²) in [5, 5.41) is 8.73. The third-order valence-electron chi connectivity index (χ3n) is 3.05. The number of hydrogen-bond acceptors (Lipinski definition) is 3. The van der Waals surface area contributed by atoms with E-state index in [0.717, 1.165) is 11.1 Å². The van der Waals surface area contributed by atoms with Gasteiger partial charge in [0.1, 0.15) is 0 Å². The maximum Gasteiger partial charge on any atom is 0.305 e. The molecule has 0 radical (unpaired) electrons. The fraction of sp³-hybridized carbons (Fsp3) is 0.467. The topological polar surface area (TPSA) is 83.6 Å². The lowest BCUT2D eigenvalue weighted by Crippen LogP contribution is -2.47. The molecule has 0 aromatic heterocycles. The van der Waals surface area contributed by atoms with Crippen LogP contribution in [0.3, 0.4) is 0 Å². The Kier molecular flexibility index (Phi) is 5.70. The Balaban J connectivity index is 2.84. The average Bonchev–Trinajstić information content (AvgIpc) is 2.34. The molecule has 0 aliphatic heterocycles. The molecule has 5 nitrogen and oxygen atoms in total. The van der Waals surface area contributed by atoms with Crippen LogP contribution in [0.25, 0.3) is 0 Å². The summed E-state index contributed by atoms with van der Waals surface area (Å²) in [7, 11) is 0. The molecular formula is C15H22N2O3. The van der Waals surface area contributed by atoms with E-state index in [1.807, 2.05) is 45.0 Å². The van der Waals surface area contributed by atoms with E-state index in [1.54, 1.807) is 4.90 Å². The third-order valence-corrected chi connectivity index (χ3v) is 3.05. The van der Waals surface area contributed by atoms with E-state index in [9.17, 15) is 9.59 Å². The summed E-state index contributed by atoms with van der Waals surface area (Å²) in [4.78, 5) is 24.5. The Bertz CT molecular complexity index is 486. The van der Waals surface area contributed by atoms with E-state index in [2.05, 4.69) is 0 Å². The second-order valence-corrected chi connectivity index (χ2v) is 5.25. The highest BCUT2D eigenvalue weighted by Gasteiger charge is 2.25. The van der Waals surface area contributed by atoms with Crippen LogP contribution in [-0.4, -0.2) is 34.0 Å². The summed E-state index contributed by atoms with van der Waals surface area (Å²) >= 11 is 0. The SMILES string of the molecule is Cc1cccc(CN(C(=O)[C@@H](N)CC(=O)O)C(C)C)c1. The van der Waals surface area contributed by atoms with E-state index in [4.69, 9.17) is 10.8 Å². The lowest BCUT2D eigenvalue weighted by molar-refractivity contribution is -0.143. The molecule has 1 atom stereocenters. The van der Waals surface area contributed by atoms with Crippen molar-refractivity contribution >= 4 is 11.9 Å². The molecule has 0 heterocycles. The van der Waals surface area contributed by atoms with Crippen LogP contribution >= 0.6 is 0 Å². The standard InChI is InChI=1S/C15H22N2O3/c1-10(2)17(15(20)13(16)8-14(18)19)9-12-6-4-5-11(3)7-12/h4-7,10,13H,8-9,16H2,1-3H3,(H,18,19)/t13-/m0/s1. The van der Waals surface area contributed by atoms with Crippen LogP contribution in [0.2, 0.25) is 0 Å². The van der Waals surface area contributed by atoms with Crippen molar-refractivity contribution in [2.24, 2.45) is 5.73 Å². The van der Waals surface area contributed by atoms with Gasteiger partial charge in [0.25, 0.3) is 0 Å². The van der Waals surface area contributed by atoms with Crippen molar-refractivity contribution in [2.45, 2.75) is 45.8 Å². The van der Waals surface area contributed by atoms with Crippen molar-refractivity contribution in [2.75, 3.05) is 0 Å². The first-order valence-electron chi connectivity index (χ1n) is 6.64. The highest BCUT2D eigenvalue weighted by molar-refractivity contribution is 5.86. The van der Waals surface area contributed by atoms with Crippen LogP contribution in [0.4, 0.5) is 0 Å². The van der Waals surface area contributed by atoms with Gasteiger partial charge in [0, 0.05) is 12.6 Å². The van der Waals surface area contributed by atoms with E-state index < -0.39 is 12.0 Å². The van der Waals surface area contributed by atoms with Crippen molar-refractivity contribution in [1.82, 2.24) is 4.90 Å². The minimum absolute atomic E-state index is 0.0390. The van der Waals surface area contributed by atoms with Crippen molar-refractivity contribution in [1.29, 1.82) is 0 Å². The van der Waals surface area contributed by atoms with Crippen LogP contribution in [0.1, 0.15) is 31.4 Å². The smallest absolute Gasteiger partial charge is 0.305 e. The summed E-state index contributed by atoms with van der Waals surface area (Å²) in [5.41, 5.74) is 7.80. The summed E-state index contributed by atoms with van der Waals surface area (Å²) < 4.78 is 0. The Morgan fingerprint density at radius 3 is 2.50 bits per heavy atom. The number of rotatable bonds is 6. The molecule has 5 heteroatoms. The van der Waals surface area contributed by atoms with Gasteiger partial charge < -0.3 is 15.7 Å². The molecule has 3 N–H and O–H groups in total. The minimum Gasteiger partial charge on any atom is -0.481 e. The van der Waals surface area contributed by atoms with Crippen LogP contribution < -0.4 is 5.73 Å². The van der Waals surface area contributed by atoms with Gasteiger partial charge in [-0.3, -0.25) is 9.59 Å². The number of aryl methyl sites for hydroxylation is 1. The fourth-order valence-electron chi connectivity index (χ4n) is 2.01. The molecule has 1 amide bonds. The first-order valence-corrected chi connectivity index (χ1v) is 6.64. The highest BCUT2D eigenvalue weighted by Crippen LogP contribution is 2.12. The summed E-state index contributed by atoms with van der Waals surface area (Å²) in [5.74, 6) is -1.39. The van der Waals surface area contributed by atoms with Crippen molar-refractivity contribution in [3.8, 4) is 0 Å². The van der Waals surface area contributed by atoms with E-state index in [-0.39, 0.29) is 18.4 Å². The average molecular weight is 278 g/mol. The lowest BCUT2D eigenvalue weighted by Gasteiger charge is -2.29. The Morgan fingerprint density at radius 2 is 2.00 bits per heavy atom. The van der Waals surface area contributed by atoms with E-state index in [1.165, 1.54) is 0 Å². The molecule has 0 bridgehead atoms. The van der Waals surface area contributed by atoms with Gasteiger partial charge in [-0.2, -0.15) is 0 Å². The molecule has 1 rings (SSSR count). The first-order chi connectivity index (χ1) is 9.31. The van der Waals surface area contributed by atoms with Gasteiger partial charge in [0.15, 0.2) is 0 Å². The van der Waals surface area contributed by atoms with Gasteiger partial charge in [-0.05, 0) is 26.3 Å². The summed E-state index contributed by atoms with van der Waals surface area (Å²) in [6.45, 7) is 6.20. The zero-order valence-corrected chi connectivity index (χ0v) is 12.2. The molecule has 20 heavy (non-hydrogen) atoms. The molecular weight excluding hydrogens is 256 g/mol. The molecule has 110 valence electrons. The number of carbonyl (C=O) groups excluding carboxylic acids is 1. The molecule has 1 aromatic rings. The van der Waals surface area contributed by atoms with Crippen molar-refractivity contribution in [3.63, 3.8) is 0 Å². The largest absolute Gasteiger partial charge is 0.481 e. The molecule has 0 spiro atoms. The number of nitrogens with zero attached hydrogens (tertiary/aromatic N) is 1. The van der Waals surface area contributed by atoms with E-state index in [0.29, 0.717) is 6.54 Å².